The largest absolute Gasteiger partial charge is 0.379 e. The normalized spacial score (nSPS) is 17.6. The molecule has 3 heteroatoms. The summed E-state index contributed by atoms with van der Waals surface area (Å²) in [6, 6.07) is 7.75. The van der Waals surface area contributed by atoms with Gasteiger partial charge in [-0.3, -0.25) is 9.69 Å². The SMILES string of the molecule is O=Cc1ccccc1CN1CCOCC1. The Morgan fingerprint density at radius 1 is 1.27 bits per heavy atom. The van der Waals surface area contributed by atoms with E-state index in [9.17, 15) is 4.79 Å². The fraction of sp³-hybridized carbons (Fsp3) is 0.417. The first kappa shape index (κ1) is 10.3. The van der Waals surface area contributed by atoms with Crippen LogP contribution >= 0.6 is 0 Å². The van der Waals surface area contributed by atoms with Gasteiger partial charge in [0, 0.05) is 25.2 Å². The number of nitrogens with zero attached hydrogens (tertiary/aromatic N) is 1. The van der Waals surface area contributed by atoms with Gasteiger partial charge >= 0.3 is 0 Å². The molecule has 0 aromatic heterocycles. The highest BCUT2D eigenvalue weighted by atomic mass is 16.5. The van der Waals surface area contributed by atoms with Gasteiger partial charge < -0.3 is 4.74 Å². The highest BCUT2D eigenvalue weighted by Gasteiger charge is 2.11. The van der Waals surface area contributed by atoms with Crippen LogP contribution in [0.5, 0.6) is 0 Å². The Morgan fingerprint density at radius 2 is 2.00 bits per heavy atom. The average Bonchev–Trinajstić information content (AvgIpc) is 2.31. The third kappa shape index (κ3) is 2.64. The Hall–Kier alpha value is -1.19. The standard InChI is InChI=1S/C12H15NO2/c14-10-12-4-2-1-3-11(12)9-13-5-7-15-8-6-13/h1-4,10H,5-9H2. The number of hydrogen-bond donors (Lipinski definition) is 0. The number of rotatable bonds is 3. The second-order valence-electron chi connectivity index (χ2n) is 3.71. The number of carbonyl (C=O) groups is 1. The summed E-state index contributed by atoms with van der Waals surface area (Å²) in [5.74, 6) is 0. The minimum atomic E-state index is 0.795. The predicted molar refractivity (Wildman–Crippen MR) is 57.9 cm³/mol. The van der Waals surface area contributed by atoms with Crippen molar-refractivity contribution in [2.24, 2.45) is 0 Å². The highest BCUT2D eigenvalue weighted by Crippen LogP contribution is 2.10. The maximum absolute atomic E-state index is 10.8. The molecule has 1 fully saturated rings. The molecule has 1 aliphatic heterocycles. The van der Waals surface area contributed by atoms with E-state index in [1.165, 1.54) is 0 Å². The van der Waals surface area contributed by atoms with Gasteiger partial charge in [-0.25, -0.2) is 0 Å². The molecule has 0 unspecified atom stereocenters. The van der Waals surface area contributed by atoms with Gasteiger partial charge in [-0.05, 0) is 5.56 Å². The van der Waals surface area contributed by atoms with E-state index in [1.54, 1.807) is 0 Å². The van der Waals surface area contributed by atoms with Gasteiger partial charge in [-0.15, -0.1) is 0 Å². The van der Waals surface area contributed by atoms with Crippen LogP contribution in [0.1, 0.15) is 15.9 Å². The highest BCUT2D eigenvalue weighted by molar-refractivity contribution is 5.77. The molecule has 1 heterocycles. The Balaban J connectivity index is 2.05. The van der Waals surface area contributed by atoms with Crippen molar-refractivity contribution in [3.63, 3.8) is 0 Å². The Labute approximate surface area is 89.7 Å². The molecule has 80 valence electrons. The van der Waals surface area contributed by atoms with E-state index in [4.69, 9.17) is 4.74 Å². The summed E-state index contributed by atoms with van der Waals surface area (Å²) in [4.78, 5) is 13.1. The van der Waals surface area contributed by atoms with Crippen LogP contribution in [0.4, 0.5) is 0 Å². The third-order valence-electron chi connectivity index (χ3n) is 2.68. The molecule has 3 nitrogen and oxygen atoms in total. The molecule has 1 aliphatic rings. The van der Waals surface area contributed by atoms with E-state index in [2.05, 4.69) is 4.90 Å². The van der Waals surface area contributed by atoms with E-state index in [-0.39, 0.29) is 0 Å². The molecule has 0 bridgehead atoms. The maximum Gasteiger partial charge on any atom is 0.150 e. The van der Waals surface area contributed by atoms with E-state index >= 15 is 0 Å². The zero-order valence-electron chi connectivity index (χ0n) is 8.69. The minimum absolute atomic E-state index is 0.795. The number of ether oxygens (including phenoxy) is 1. The van der Waals surface area contributed by atoms with Crippen LogP contribution in [0.15, 0.2) is 24.3 Å². The quantitative estimate of drug-likeness (QED) is 0.697. The molecule has 0 spiro atoms. The molecule has 0 radical (unpaired) electrons. The van der Waals surface area contributed by atoms with E-state index in [0.717, 1.165) is 50.3 Å². The van der Waals surface area contributed by atoms with Crippen molar-refractivity contribution in [3.05, 3.63) is 35.4 Å². The van der Waals surface area contributed by atoms with Crippen molar-refractivity contribution in [1.82, 2.24) is 4.90 Å². The fourth-order valence-electron chi connectivity index (χ4n) is 1.79. The lowest BCUT2D eigenvalue weighted by molar-refractivity contribution is 0.0341. The molecule has 0 aliphatic carbocycles. The lowest BCUT2D eigenvalue weighted by Crippen LogP contribution is -2.35. The van der Waals surface area contributed by atoms with Gasteiger partial charge in [0.05, 0.1) is 13.2 Å². The lowest BCUT2D eigenvalue weighted by Gasteiger charge is -2.26. The molecule has 1 aromatic rings. The third-order valence-corrected chi connectivity index (χ3v) is 2.68. The van der Waals surface area contributed by atoms with E-state index in [1.807, 2.05) is 24.3 Å². The smallest absolute Gasteiger partial charge is 0.150 e. The second-order valence-corrected chi connectivity index (χ2v) is 3.71. The van der Waals surface area contributed by atoms with Gasteiger partial charge in [0.25, 0.3) is 0 Å². The van der Waals surface area contributed by atoms with Crippen molar-refractivity contribution in [2.45, 2.75) is 6.54 Å². The van der Waals surface area contributed by atoms with E-state index in [0.29, 0.717) is 0 Å². The Kier molecular flexibility index (Phi) is 3.48. The first-order valence-corrected chi connectivity index (χ1v) is 5.23. The maximum atomic E-state index is 10.8. The minimum Gasteiger partial charge on any atom is -0.379 e. The van der Waals surface area contributed by atoms with Crippen molar-refractivity contribution in [2.75, 3.05) is 26.3 Å². The molecule has 1 aromatic carbocycles. The first-order valence-electron chi connectivity index (χ1n) is 5.23. The molecular formula is C12H15NO2. The van der Waals surface area contributed by atoms with Gasteiger partial charge in [0.2, 0.25) is 0 Å². The number of aldehydes is 1. The Morgan fingerprint density at radius 3 is 2.73 bits per heavy atom. The number of benzene rings is 1. The van der Waals surface area contributed by atoms with Crippen molar-refractivity contribution in [1.29, 1.82) is 0 Å². The second kappa shape index (κ2) is 5.05. The van der Waals surface area contributed by atoms with Crippen LogP contribution in [0.25, 0.3) is 0 Å². The molecule has 1 saturated heterocycles. The fourth-order valence-corrected chi connectivity index (χ4v) is 1.79. The topological polar surface area (TPSA) is 29.5 Å². The summed E-state index contributed by atoms with van der Waals surface area (Å²) < 4.78 is 5.28. The summed E-state index contributed by atoms with van der Waals surface area (Å²) >= 11 is 0. The van der Waals surface area contributed by atoms with Crippen LogP contribution in [0.3, 0.4) is 0 Å². The molecule has 0 atom stereocenters. The van der Waals surface area contributed by atoms with Crippen LogP contribution in [-0.4, -0.2) is 37.5 Å². The number of morpholine rings is 1. The van der Waals surface area contributed by atoms with Crippen molar-refractivity contribution >= 4 is 6.29 Å². The Bertz CT molecular complexity index is 332. The molecule has 0 saturated carbocycles. The van der Waals surface area contributed by atoms with Crippen LogP contribution < -0.4 is 0 Å². The van der Waals surface area contributed by atoms with Gasteiger partial charge in [-0.2, -0.15) is 0 Å². The van der Waals surface area contributed by atoms with Gasteiger partial charge in [0.1, 0.15) is 6.29 Å². The van der Waals surface area contributed by atoms with Crippen molar-refractivity contribution < 1.29 is 9.53 Å². The number of carbonyl (C=O) groups excluding carboxylic acids is 1. The van der Waals surface area contributed by atoms with Crippen LogP contribution in [-0.2, 0) is 11.3 Å². The summed E-state index contributed by atoms with van der Waals surface area (Å²) in [6.45, 7) is 4.34. The van der Waals surface area contributed by atoms with Gasteiger partial charge in [0.15, 0.2) is 0 Å². The monoisotopic (exact) mass is 205 g/mol. The van der Waals surface area contributed by atoms with E-state index < -0.39 is 0 Å². The summed E-state index contributed by atoms with van der Waals surface area (Å²) in [5, 5.41) is 0. The molecule has 0 N–H and O–H groups in total. The lowest BCUT2D eigenvalue weighted by atomic mass is 10.1. The molecular weight excluding hydrogens is 190 g/mol. The molecule has 2 rings (SSSR count). The summed E-state index contributed by atoms with van der Waals surface area (Å²) in [6.07, 6.45) is 0.926. The predicted octanol–water partition coefficient (Wildman–Crippen LogP) is 1.33. The zero-order chi connectivity index (χ0) is 10.5. The molecule has 15 heavy (non-hydrogen) atoms. The van der Waals surface area contributed by atoms with Crippen LogP contribution in [0, 0.1) is 0 Å². The average molecular weight is 205 g/mol. The zero-order valence-corrected chi connectivity index (χ0v) is 8.69. The van der Waals surface area contributed by atoms with Crippen LogP contribution in [0.2, 0.25) is 0 Å². The summed E-state index contributed by atoms with van der Waals surface area (Å²) in [7, 11) is 0. The number of hydrogen-bond acceptors (Lipinski definition) is 3. The van der Waals surface area contributed by atoms with Crippen molar-refractivity contribution in [3.8, 4) is 0 Å². The van der Waals surface area contributed by atoms with Gasteiger partial charge in [-0.1, -0.05) is 24.3 Å². The summed E-state index contributed by atoms with van der Waals surface area (Å²) in [5.41, 5.74) is 1.90. The molecule has 0 amide bonds. The first-order chi connectivity index (χ1) is 7.40.